The molecule has 2 amide bonds. The standard InChI is InChI=1S/C24H30N2O3/c1-18(2)20-7-9-21(10-8-20)24(28)26-14-4-13-25(15-16-26)23(27)17-19-5-11-22(29-3)12-6-19/h5-12,18H,4,13-17H2,1-3H3. The fourth-order valence-corrected chi connectivity index (χ4v) is 3.59. The summed E-state index contributed by atoms with van der Waals surface area (Å²) < 4.78 is 5.16. The van der Waals surface area contributed by atoms with E-state index in [1.165, 1.54) is 5.56 Å². The number of benzene rings is 2. The summed E-state index contributed by atoms with van der Waals surface area (Å²) in [6.45, 7) is 6.79. The molecule has 1 aliphatic heterocycles. The van der Waals surface area contributed by atoms with Crippen LogP contribution in [0.2, 0.25) is 0 Å². The van der Waals surface area contributed by atoms with Gasteiger partial charge in [0.15, 0.2) is 0 Å². The summed E-state index contributed by atoms with van der Waals surface area (Å²) in [7, 11) is 1.63. The Kier molecular flexibility index (Phi) is 6.91. The van der Waals surface area contributed by atoms with Crippen molar-refractivity contribution in [2.75, 3.05) is 33.3 Å². The molecule has 0 radical (unpaired) electrons. The third-order valence-corrected chi connectivity index (χ3v) is 5.47. The Hall–Kier alpha value is -2.82. The molecule has 5 heteroatoms. The van der Waals surface area contributed by atoms with Crippen LogP contribution in [0.4, 0.5) is 0 Å². The van der Waals surface area contributed by atoms with Crippen molar-refractivity contribution in [2.24, 2.45) is 0 Å². The molecular formula is C24H30N2O3. The van der Waals surface area contributed by atoms with Crippen molar-refractivity contribution in [3.63, 3.8) is 0 Å². The molecule has 1 aliphatic rings. The quantitative estimate of drug-likeness (QED) is 0.776. The number of carbonyl (C=O) groups is 2. The molecule has 1 fully saturated rings. The second kappa shape index (κ2) is 9.59. The Balaban J connectivity index is 1.57. The second-order valence-electron chi connectivity index (χ2n) is 7.83. The van der Waals surface area contributed by atoms with Crippen molar-refractivity contribution in [1.82, 2.24) is 9.80 Å². The lowest BCUT2D eigenvalue weighted by Gasteiger charge is -2.22. The Bertz CT molecular complexity index is 828. The summed E-state index contributed by atoms with van der Waals surface area (Å²) in [5, 5.41) is 0. The van der Waals surface area contributed by atoms with Gasteiger partial charge in [-0.1, -0.05) is 38.1 Å². The first-order valence-electron chi connectivity index (χ1n) is 10.3. The minimum Gasteiger partial charge on any atom is -0.497 e. The lowest BCUT2D eigenvalue weighted by molar-refractivity contribution is -0.130. The summed E-state index contributed by atoms with van der Waals surface area (Å²) in [5.41, 5.74) is 2.92. The van der Waals surface area contributed by atoms with E-state index < -0.39 is 0 Å². The topological polar surface area (TPSA) is 49.9 Å². The first-order valence-corrected chi connectivity index (χ1v) is 10.3. The van der Waals surface area contributed by atoms with E-state index in [0.29, 0.717) is 44.1 Å². The summed E-state index contributed by atoms with van der Waals surface area (Å²) in [4.78, 5) is 29.3. The maximum absolute atomic E-state index is 12.9. The van der Waals surface area contributed by atoms with Crippen LogP contribution in [0.25, 0.3) is 0 Å². The fraction of sp³-hybridized carbons (Fsp3) is 0.417. The molecule has 3 rings (SSSR count). The van der Waals surface area contributed by atoms with Gasteiger partial charge in [0.2, 0.25) is 5.91 Å². The van der Waals surface area contributed by atoms with Crippen molar-refractivity contribution in [3.05, 3.63) is 65.2 Å². The van der Waals surface area contributed by atoms with Crippen LogP contribution in [-0.2, 0) is 11.2 Å². The van der Waals surface area contributed by atoms with Gasteiger partial charge in [-0.05, 0) is 47.7 Å². The van der Waals surface area contributed by atoms with Gasteiger partial charge < -0.3 is 14.5 Å². The van der Waals surface area contributed by atoms with E-state index in [0.717, 1.165) is 17.7 Å². The number of amides is 2. The molecule has 1 saturated heterocycles. The van der Waals surface area contributed by atoms with Gasteiger partial charge in [0.05, 0.1) is 13.5 Å². The summed E-state index contributed by atoms with van der Waals surface area (Å²) >= 11 is 0. The van der Waals surface area contributed by atoms with E-state index in [-0.39, 0.29) is 11.8 Å². The molecule has 0 bridgehead atoms. The summed E-state index contributed by atoms with van der Waals surface area (Å²) in [6.07, 6.45) is 1.17. The van der Waals surface area contributed by atoms with Gasteiger partial charge in [-0.15, -0.1) is 0 Å². The first kappa shape index (κ1) is 20.9. The maximum Gasteiger partial charge on any atom is 0.253 e. The summed E-state index contributed by atoms with van der Waals surface area (Å²) in [6, 6.07) is 15.5. The Morgan fingerprint density at radius 3 is 2.14 bits per heavy atom. The molecule has 0 aliphatic carbocycles. The number of carbonyl (C=O) groups excluding carboxylic acids is 2. The molecule has 0 spiro atoms. The number of nitrogens with zero attached hydrogens (tertiary/aromatic N) is 2. The molecule has 0 unspecified atom stereocenters. The van der Waals surface area contributed by atoms with Crippen LogP contribution in [0.15, 0.2) is 48.5 Å². The zero-order chi connectivity index (χ0) is 20.8. The predicted octanol–water partition coefficient (Wildman–Crippen LogP) is 3.74. The minimum atomic E-state index is 0.0461. The Morgan fingerprint density at radius 1 is 0.897 bits per heavy atom. The van der Waals surface area contributed by atoms with Crippen LogP contribution in [0.3, 0.4) is 0 Å². The number of methoxy groups -OCH3 is 1. The number of hydrogen-bond donors (Lipinski definition) is 0. The lowest BCUT2D eigenvalue weighted by atomic mass is 10.0. The molecule has 5 nitrogen and oxygen atoms in total. The highest BCUT2D eigenvalue weighted by Gasteiger charge is 2.23. The monoisotopic (exact) mass is 394 g/mol. The average molecular weight is 395 g/mol. The number of hydrogen-bond acceptors (Lipinski definition) is 3. The normalized spacial score (nSPS) is 14.6. The van der Waals surface area contributed by atoms with E-state index in [4.69, 9.17) is 4.74 Å². The van der Waals surface area contributed by atoms with Crippen LogP contribution in [0.5, 0.6) is 5.75 Å². The van der Waals surface area contributed by atoms with Crippen LogP contribution in [0, 0.1) is 0 Å². The Morgan fingerprint density at radius 2 is 1.52 bits per heavy atom. The third kappa shape index (κ3) is 5.37. The summed E-state index contributed by atoms with van der Waals surface area (Å²) in [5.74, 6) is 1.38. The molecule has 154 valence electrons. The minimum absolute atomic E-state index is 0.0461. The average Bonchev–Trinajstić information content (AvgIpc) is 3.00. The zero-order valence-electron chi connectivity index (χ0n) is 17.6. The molecule has 0 N–H and O–H groups in total. The van der Waals surface area contributed by atoms with Crippen molar-refractivity contribution < 1.29 is 14.3 Å². The third-order valence-electron chi connectivity index (χ3n) is 5.47. The highest BCUT2D eigenvalue weighted by atomic mass is 16.5. The molecule has 0 saturated carbocycles. The Labute approximate surface area is 173 Å². The highest BCUT2D eigenvalue weighted by Crippen LogP contribution is 2.17. The van der Waals surface area contributed by atoms with Gasteiger partial charge in [0.1, 0.15) is 5.75 Å². The SMILES string of the molecule is COc1ccc(CC(=O)N2CCCN(C(=O)c3ccc(C(C)C)cc3)CC2)cc1. The molecular weight excluding hydrogens is 364 g/mol. The lowest BCUT2D eigenvalue weighted by Crippen LogP contribution is -2.38. The van der Waals surface area contributed by atoms with Gasteiger partial charge in [-0.25, -0.2) is 0 Å². The zero-order valence-corrected chi connectivity index (χ0v) is 17.6. The van der Waals surface area contributed by atoms with Crippen LogP contribution in [0.1, 0.15) is 47.7 Å². The van der Waals surface area contributed by atoms with Gasteiger partial charge >= 0.3 is 0 Å². The first-order chi connectivity index (χ1) is 14.0. The smallest absolute Gasteiger partial charge is 0.253 e. The van der Waals surface area contributed by atoms with E-state index in [1.807, 2.05) is 58.3 Å². The van der Waals surface area contributed by atoms with E-state index in [2.05, 4.69) is 13.8 Å². The maximum atomic E-state index is 12.9. The molecule has 2 aromatic rings. The predicted molar refractivity (Wildman–Crippen MR) is 114 cm³/mol. The van der Waals surface area contributed by atoms with Crippen molar-refractivity contribution in [3.8, 4) is 5.75 Å². The van der Waals surface area contributed by atoms with Crippen molar-refractivity contribution in [2.45, 2.75) is 32.6 Å². The van der Waals surface area contributed by atoms with Crippen LogP contribution in [-0.4, -0.2) is 54.9 Å². The van der Waals surface area contributed by atoms with E-state index in [1.54, 1.807) is 7.11 Å². The van der Waals surface area contributed by atoms with Gasteiger partial charge in [-0.2, -0.15) is 0 Å². The van der Waals surface area contributed by atoms with Crippen LogP contribution < -0.4 is 4.74 Å². The van der Waals surface area contributed by atoms with Crippen molar-refractivity contribution in [1.29, 1.82) is 0 Å². The van der Waals surface area contributed by atoms with E-state index >= 15 is 0 Å². The number of rotatable bonds is 5. The van der Waals surface area contributed by atoms with Crippen LogP contribution >= 0.6 is 0 Å². The second-order valence-corrected chi connectivity index (χ2v) is 7.83. The van der Waals surface area contributed by atoms with Gasteiger partial charge in [0, 0.05) is 31.7 Å². The fourth-order valence-electron chi connectivity index (χ4n) is 3.59. The van der Waals surface area contributed by atoms with Gasteiger partial charge in [-0.3, -0.25) is 9.59 Å². The highest BCUT2D eigenvalue weighted by molar-refractivity contribution is 5.94. The van der Waals surface area contributed by atoms with Crippen molar-refractivity contribution >= 4 is 11.8 Å². The molecule has 29 heavy (non-hydrogen) atoms. The molecule has 1 heterocycles. The largest absolute Gasteiger partial charge is 0.497 e. The van der Waals surface area contributed by atoms with E-state index in [9.17, 15) is 9.59 Å². The number of ether oxygens (including phenoxy) is 1. The molecule has 0 aromatic heterocycles. The molecule has 0 atom stereocenters. The molecule has 2 aromatic carbocycles. The van der Waals surface area contributed by atoms with Gasteiger partial charge in [0.25, 0.3) is 5.91 Å².